The van der Waals surface area contributed by atoms with Gasteiger partial charge in [0.2, 0.25) is 0 Å². The van der Waals surface area contributed by atoms with Crippen LogP contribution in [-0.4, -0.2) is 9.73 Å². The first kappa shape index (κ1) is 13.9. The number of nitrogens with one attached hydrogen (secondary N) is 1. The Hall–Kier alpha value is -1.48. The Morgan fingerprint density at radius 2 is 1.79 bits per heavy atom. The van der Waals surface area contributed by atoms with Crippen LogP contribution in [0.2, 0.25) is 0 Å². The van der Waals surface area contributed by atoms with Crippen molar-refractivity contribution in [1.29, 1.82) is 0 Å². The summed E-state index contributed by atoms with van der Waals surface area (Å²) in [6.45, 7) is 7.43. The number of hydrogen-bond acceptors (Lipinski definition) is 3. The van der Waals surface area contributed by atoms with Crippen LogP contribution in [-0.2, 0) is 6.54 Å². The van der Waals surface area contributed by atoms with Gasteiger partial charge in [0.15, 0.2) is 0 Å². The van der Waals surface area contributed by atoms with Gasteiger partial charge in [-0.15, -0.1) is 11.8 Å². The minimum atomic E-state index is 0.223. The molecule has 2 rings (SSSR count). The number of pyridine rings is 1. The van der Waals surface area contributed by atoms with Gasteiger partial charge in [-0.1, -0.05) is 51.1 Å². The van der Waals surface area contributed by atoms with Gasteiger partial charge in [-0.25, -0.2) is 4.98 Å². The zero-order valence-electron chi connectivity index (χ0n) is 11.7. The Kier molecular flexibility index (Phi) is 4.48. The Balaban J connectivity index is 1.92. The average molecular weight is 272 g/mol. The molecule has 1 N–H and O–H groups in total. The highest BCUT2D eigenvalue weighted by atomic mass is 32.2. The van der Waals surface area contributed by atoms with E-state index in [1.807, 2.05) is 42.2 Å². The molecule has 0 aliphatic heterocycles. The van der Waals surface area contributed by atoms with E-state index in [9.17, 15) is 0 Å². The molecule has 0 unspecified atom stereocenters. The molecule has 19 heavy (non-hydrogen) atoms. The van der Waals surface area contributed by atoms with Crippen LogP contribution in [0.5, 0.6) is 0 Å². The van der Waals surface area contributed by atoms with Crippen molar-refractivity contribution in [1.82, 2.24) is 4.98 Å². The summed E-state index contributed by atoms with van der Waals surface area (Å²) in [7, 11) is 0. The summed E-state index contributed by atoms with van der Waals surface area (Å²) in [6.07, 6.45) is 1.93. The highest BCUT2D eigenvalue weighted by Crippen LogP contribution is 2.31. The average Bonchev–Trinajstić information content (AvgIpc) is 2.37. The van der Waals surface area contributed by atoms with Gasteiger partial charge in [-0.05, 0) is 17.7 Å². The van der Waals surface area contributed by atoms with Crippen molar-refractivity contribution in [2.24, 2.45) is 0 Å². The van der Waals surface area contributed by atoms with Gasteiger partial charge in [-0.2, -0.15) is 0 Å². The smallest absolute Gasteiger partial charge is 0.126 e. The fraction of sp³-hybridized carbons (Fsp3) is 0.312. The lowest BCUT2D eigenvalue weighted by atomic mass is 10.2. The first-order valence-corrected chi connectivity index (χ1v) is 7.27. The van der Waals surface area contributed by atoms with E-state index in [0.717, 1.165) is 12.4 Å². The molecule has 2 nitrogen and oxygen atoms in total. The summed E-state index contributed by atoms with van der Waals surface area (Å²) in [5.41, 5.74) is 1.26. The molecular weight excluding hydrogens is 252 g/mol. The maximum absolute atomic E-state index is 4.45. The maximum Gasteiger partial charge on any atom is 0.126 e. The van der Waals surface area contributed by atoms with Gasteiger partial charge in [0, 0.05) is 22.4 Å². The molecule has 1 aromatic carbocycles. The first-order valence-electron chi connectivity index (χ1n) is 6.46. The molecule has 0 amide bonds. The van der Waals surface area contributed by atoms with E-state index in [-0.39, 0.29) is 4.75 Å². The third-order valence-electron chi connectivity index (χ3n) is 2.48. The molecule has 0 aliphatic rings. The van der Waals surface area contributed by atoms with Gasteiger partial charge in [0.1, 0.15) is 5.82 Å². The molecule has 3 heteroatoms. The lowest BCUT2D eigenvalue weighted by Crippen LogP contribution is -2.07. The number of hydrogen-bond donors (Lipinski definition) is 1. The van der Waals surface area contributed by atoms with Gasteiger partial charge in [-0.3, -0.25) is 0 Å². The summed E-state index contributed by atoms with van der Waals surface area (Å²) in [5, 5.41) is 3.33. The van der Waals surface area contributed by atoms with Crippen molar-refractivity contribution in [2.45, 2.75) is 37.0 Å². The molecule has 1 heterocycles. The molecular formula is C16H20N2S. The fourth-order valence-corrected chi connectivity index (χ4v) is 2.64. The molecule has 0 atom stereocenters. The number of nitrogens with zero attached hydrogens (tertiary/aromatic N) is 1. The zero-order chi connectivity index (χ0) is 13.7. The van der Waals surface area contributed by atoms with E-state index in [4.69, 9.17) is 0 Å². The second-order valence-corrected chi connectivity index (χ2v) is 7.33. The number of anilines is 1. The van der Waals surface area contributed by atoms with E-state index in [0.29, 0.717) is 0 Å². The Labute approximate surface area is 119 Å². The third kappa shape index (κ3) is 4.95. The lowest BCUT2D eigenvalue weighted by molar-refractivity contribution is 0.802. The van der Waals surface area contributed by atoms with Crippen LogP contribution in [0.3, 0.4) is 0 Å². The van der Waals surface area contributed by atoms with Gasteiger partial charge in [0.25, 0.3) is 0 Å². The quantitative estimate of drug-likeness (QED) is 0.824. The van der Waals surface area contributed by atoms with Crippen LogP contribution in [0.1, 0.15) is 26.3 Å². The molecule has 0 spiro atoms. The molecule has 2 aromatic rings. The predicted molar refractivity (Wildman–Crippen MR) is 83.6 cm³/mol. The van der Waals surface area contributed by atoms with E-state index < -0.39 is 0 Å². The van der Waals surface area contributed by atoms with E-state index >= 15 is 0 Å². The highest BCUT2D eigenvalue weighted by molar-refractivity contribution is 8.00. The zero-order valence-corrected chi connectivity index (χ0v) is 12.5. The van der Waals surface area contributed by atoms with Crippen molar-refractivity contribution >= 4 is 17.6 Å². The molecule has 1 aromatic heterocycles. The summed E-state index contributed by atoms with van der Waals surface area (Å²) in [6, 6.07) is 14.5. The summed E-state index contributed by atoms with van der Waals surface area (Å²) in [5.74, 6) is 0.919. The van der Waals surface area contributed by atoms with Crippen LogP contribution >= 0.6 is 11.8 Å². The SMILES string of the molecule is CC(C)(C)Sc1ccc(NCc2ccccc2)nc1. The second kappa shape index (κ2) is 6.11. The summed E-state index contributed by atoms with van der Waals surface area (Å²) in [4.78, 5) is 5.65. The molecule has 0 saturated heterocycles. The van der Waals surface area contributed by atoms with E-state index in [2.05, 4.69) is 49.3 Å². The third-order valence-corrected chi connectivity index (χ3v) is 3.57. The molecule has 0 aliphatic carbocycles. The topological polar surface area (TPSA) is 24.9 Å². The van der Waals surface area contributed by atoms with Gasteiger partial charge >= 0.3 is 0 Å². The summed E-state index contributed by atoms with van der Waals surface area (Å²) >= 11 is 1.83. The van der Waals surface area contributed by atoms with Crippen LogP contribution in [0.4, 0.5) is 5.82 Å². The Morgan fingerprint density at radius 1 is 1.05 bits per heavy atom. The highest BCUT2D eigenvalue weighted by Gasteiger charge is 2.11. The maximum atomic E-state index is 4.45. The van der Waals surface area contributed by atoms with E-state index in [1.54, 1.807) is 0 Å². The normalized spacial score (nSPS) is 11.3. The Bertz CT molecular complexity index is 501. The first-order chi connectivity index (χ1) is 9.03. The minimum Gasteiger partial charge on any atom is -0.366 e. The van der Waals surface area contributed by atoms with Crippen molar-refractivity contribution < 1.29 is 0 Å². The van der Waals surface area contributed by atoms with Gasteiger partial charge in [0.05, 0.1) is 0 Å². The molecule has 0 saturated carbocycles. The van der Waals surface area contributed by atoms with Crippen molar-refractivity contribution in [3.05, 3.63) is 54.2 Å². The molecule has 0 fully saturated rings. The number of benzene rings is 1. The lowest BCUT2D eigenvalue weighted by Gasteiger charge is -2.17. The minimum absolute atomic E-state index is 0.223. The van der Waals surface area contributed by atoms with Crippen LogP contribution in [0.25, 0.3) is 0 Å². The van der Waals surface area contributed by atoms with Crippen LogP contribution in [0, 0.1) is 0 Å². The fourth-order valence-electron chi connectivity index (χ4n) is 1.69. The molecule has 0 radical (unpaired) electrons. The predicted octanol–water partition coefficient (Wildman–Crippen LogP) is 4.58. The largest absolute Gasteiger partial charge is 0.366 e. The van der Waals surface area contributed by atoms with Gasteiger partial charge < -0.3 is 5.32 Å². The number of aromatic nitrogens is 1. The number of rotatable bonds is 4. The van der Waals surface area contributed by atoms with Crippen LogP contribution in [0.15, 0.2) is 53.6 Å². The Morgan fingerprint density at radius 3 is 2.37 bits per heavy atom. The molecule has 0 bridgehead atoms. The van der Waals surface area contributed by atoms with E-state index in [1.165, 1.54) is 10.5 Å². The summed E-state index contributed by atoms with van der Waals surface area (Å²) < 4.78 is 0.223. The molecule has 100 valence electrons. The van der Waals surface area contributed by atoms with Crippen LogP contribution < -0.4 is 5.32 Å². The standard InChI is InChI=1S/C16H20N2S/c1-16(2,3)19-14-9-10-15(18-12-14)17-11-13-7-5-4-6-8-13/h4-10,12H,11H2,1-3H3,(H,17,18). The van der Waals surface area contributed by atoms with Crippen molar-refractivity contribution in [2.75, 3.05) is 5.32 Å². The van der Waals surface area contributed by atoms with Crippen molar-refractivity contribution in [3.63, 3.8) is 0 Å². The monoisotopic (exact) mass is 272 g/mol. The second-order valence-electron chi connectivity index (χ2n) is 5.43. The van der Waals surface area contributed by atoms with Crippen molar-refractivity contribution in [3.8, 4) is 0 Å². The number of thioether (sulfide) groups is 1.